The number of likely N-dealkylation sites (tertiary alicyclic amines) is 1. The normalized spacial score (nSPS) is 32.6. The number of para-hydroxylation sites is 1. The van der Waals surface area contributed by atoms with Crippen LogP contribution in [0.25, 0.3) is 0 Å². The summed E-state index contributed by atoms with van der Waals surface area (Å²) in [6, 6.07) is 8.67. The van der Waals surface area contributed by atoms with Crippen molar-refractivity contribution < 1.29 is 29.0 Å². The lowest BCUT2D eigenvalue weighted by Gasteiger charge is -2.38. The van der Waals surface area contributed by atoms with Crippen LogP contribution in [0.4, 0.5) is 5.69 Å². The molecule has 5 atom stereocenters. The van der Waals surface area contributed by atoms with Crippen molar-refractivity contribution in [3.05, 3.63) is 54.6 Å². The van der Waals surface area contributed by atoms with Crippen LogP contribution in [0.5, 0.6) is 0 Å². The second-order valence-electron chi connectivity index (χ2n) is 12.5. The van der Waals surface area contributed by atoms with Crippen LogP contribution < -0.4 is 4.90 Å². The van der Waals surface area contributed by atoms with E-state index < -0.39 is 29.1 Å². The fourth-order valence-corrected chi connectivity index (χ4v) is 7.68. The zero-order valence-electron chi connectivity index (χ0n) is 25.1. The standard InChI is InChI=1S/C33H44N4O6/c1-32-13-9-17-36(25-11-5-4-6-12-25)29(39)26(32)27-30(40)37(16-7-2-3-8-22-38)28-31(41)35(15-10-14-33(27,28)43-32)19-18-34-20-23-42-24-21-34/h4-6,9-14,26-28,38H,2-3,7-8,15-24H2,1H3/t26-,27+,28?,32+,33+/m1/s1. The van der Waals surface area contributed by atoms with E-state index in [1.54, 1.807) is 9.80 Å². The number of hydrogen-bond donors (Lipinski definition) is 1. The molecule has 1 aromatic rings. The number of unbranched alkanes of at least 4 members (excludes halogenated alkanes) is 3. The minimum atomic E-state index is -1.24. The molecule has 10 heteroatoms. The third-order valence-corrected chi connectivity index (χ3v) is 9.81. The van der Waals surface area contributed by atoms with Crippen molar-refractivity contribution in [3.63, 3.8) is 0 Å². The van der Waals surface area contributed by atoms with Gasteiger partial charge in [0.25, 0.3) is 0 Å². The highest BCUT2D eigenvalue weighted by Gasteiger charge is 2.74. The van der Waals surface area contributed by atoms with Gasteiger partial charge in [-0.15, -0.1) is 0 Å². The fraction of sp³-hybridized carbons (Fsp3) is 0.606. The summed E-state index contributed by atoms with van der Waals surface area (Å²) in [6.45, 7) is 7.56. The monoisotopic (exact) mass is 592 g/mol. The molecule has 232 valence electrons. The number of aliphatic hydroxyl groups is 1. The topological polar surface area (TPSA) is 103 Å². The quantitative estimate of drug-likeness (QED) is 0.327. The summed E-state index contributed by atoms with van der Waals surface area (Å²) in [4.78, 5) is 51.0. The van der Waals surface area contributed by atoms with E-state index in [1.165, 1.54) is 0 Å². The van der Waals surface area contributed by atoms with Crippen molar-refractivity contribution >= 4 is 23.4 Å². The number of morpholine rings is 1. The first kappa shape index (κ1) is 30.0. The Bertz CT molecular complexity index is 1250. The Morgan fingerprint density at radius 2 is 1.58 bits per heavy atom. The Hall–Kier alpha value is -3.05. The number of ether oxygens (including phenoxy) is 2. The minimum absolute atomic E-state index is 0.124. The van der Waals surface area contributed by atoms with E-state index in [-0.39, 0.29) is 24.3 Å². The summed E-state index contributed by atoms with van der Waals surface area (Å²) in [5.41, 5.74) is -1.52. The molecule has 10 nitrogen and oxygen atoms in total. The van der Waals surface area contributed by atoms with Crippen molar-refractivity contribution in [2.45, 2.75) is 49.9 Å². The summed E-state index contributed by atoms with van der Waals surface area (Å²) < 4.78 is 12.4. The molecule has 6 rings (SSSR count). The molecule has 3 saturated heterocycles. The molecule has 3 amide bonds. The lowest BCUT2D eigenvalue weighted by atomic mass is 9.74. The van der Waals surface area contributed by atoms with Gasteiger partial charge in [0.05, 0.1) is 30.7 Å². The van der Waals surface area contributed by atoms with Crippen LogP contribution >= 0.6 is 0 Å². The molecule has 0 saturated carbocycles. The maximum Gasteiger partial charge on any atom is 0.249 e. The predicted octanol–water partition coefficient (Wildman–Crippen LogP) is 1.84. The maximum absolute atomic E-state index is 14.5. The van der Waals surface area contributed by atoms with Gasteiger partial charge in [0, 0.05) is 58.1 Å². The van der Waals surface area contributed by atoms with Crippen molar-refractivity contribution in [2.75, 3.05) is 70.5 Å². The van der Waals surface area contributed by atoms with E-state index in [4.69, 9.17) is 9.47 Å². The Morgan fingerprint density at radius 3 is 2.35 bits per heavy atom. The molecule has 1 N–H and O–H groups in total. The van der Waals surface area contributed by atoms with E-state index in [9.17, 15) is 19.5 Å². The number of carbonyl (C=O) groups is 3. The third kappa shape index (κ3) is 5.43. The molecule has 5 heterocycles. The SMILES string of the molecule is C[C@]12C=CCN(c3ccccc3)C(=O)[C@H]1[C@H]1C(=O)N(CCCCCCO)C3C(=O)N(CCN4CCOCC4)CC=C[C@@]31O2. The minimum Gasteiger partial charge on any atom is -0.396 e. The molecule has 43 heavy (non-hydrogen) atoms. The van der Waals surface area contributed by atoms with Crippen molar-refractivity contribution in [3.8, 4) is 0 Å². The van der Waals surface area contributed by atoms with E-state index in [1.807, 2.05) is 66.5 Å². The number of aliphatic hydroxyl groups excluding tert-OH is 1. The Kier molecular flexibility index (Phi) is 8.73. The fourth-order valence-electron chi connectivity index (χ4n) is 7.68. The van der Waals surface area contributed by atoms with Crippen molar-refractivity contribution in [1.82, 2.24) is 14.7 Å². The van der Waals surface area contributed by atoms with Crippen molar-refractivity contribution in [2.24, 2.45) is 11.8 Å². The molecule has 0 aromatic heterocycles. The molecule has 3 fully saturated rings. The number of nitrogens with zero attached hydrogens (tertiary/aromatic N) is 4. The van der Waals surface area contributed by atoms with E-state index in [0.717, 1.165) is 38.2 Å². The van der Waals surface area contributed by atoms with Gasteiger partial charge < -0.3 is 29.3 Å². The molecule has 1 unspecified atom stereocenters. The lowest BCUT2D eigenvalue weighted by molar-refractivity contribution is -0.151. The molecule has 0 aliphatic carbocycles. The van der Waals surface area contributed by atoms with E-state index in [2.05, 4.69) is 4.90 Å². The van der Waals surface area contributed by atoms with Gasteiger partial charge in [0.1, 0.15) is 11.6 Å². The zero-order chi connectivity index (χ0) is 30.0. The molecule has 0 bridgehead atoms. The van der Waals surface area contributed by atoms with Gasteiger partial charge in [-0.2, -0.15) is 0 Å². The highest BCUT2D eigenvalue weighted by Crippen LogP contribution is 2.57. The number of benzene rings is 1. The van der Waals surface area contributed by atoms with Gasteiger partial charge in [0.2, 0.25) is 17.7 Å². The van der Waals surface area contributed by atoms with Gasteiger partial charge in [-0.05, 0) is 31.9 Å². The number of amides is 3. The number of rotatable bonds is 10. The number of hydrogen-bond acceptors (Lipinski definition) is 7. The summed E-state index contributed by atoms with van der Waals surface area (Å²) in [6.07, 6.45) is 10.9. The molecule has 1 spiro atoms. The van der Waals surface area contributed by atoms with Crippen LogP contribution in [0.1, 0.15) is 32.6 Å². The Labute approximate surface area is 253 Å². The average Bonchev–Trinajstić information content (AvgIpc) is 3.28. The second kappa shape index (κ2) is 12.5. The zero-order valence-corrected chi connectivity index (χ0v) is 25.1. The number of anilines is 1. The molecule has 5 aliphatic rings. The van der Waals surface area contributed by atoms with Gasteiger partial charge in [-0.25, -0.2) is 0 Å². The van der Waals surface area contributed by atoms with Crippen LogP contribution in [-0.4, -0.2) is 120 Å². The highest BCUT2D eigenvalue weighted by molar-refractivity contribution is 6.04. The summed E-state index contributed by atoms with van der Waals surface area (Å²) >= 11 is 0. The summed E-state index contributed by atoms with van der Waals surface area (Å²) in [5.74, 6) is -2.07. The van der Waals surface area contributed by atoms with Gasteiger partial charge in [-0.1, -0.05) is 55.3 Å². The molecule has 5 aliphatic heterocycles. The molecular formula is C33H44N4O6. The Morgan fingerprint density at radius 1 is 0.837 bits per heavy atom. The lowest BCUT2D eigenvalue weighted by Crippen LogP contribution is -2.56. The van der Waals surface area contributed by atoms with Crippen LogP contribution in [0, 0.1) is 11.8 Å². The largest absolute Gasteiger partial charge is 0.396 e. The van der Waals surface area contributed by atoms with Crippen molar-refractivity contribution in [1.29, 1.82) is 0 Å². The molecular weight excluding hydrogens is 548 g/mol. The second-order valence-corrected chi connectivity index (χ2v) is 12.5. The molecule has 0 radical (unpaired) electrons. The third-order valence-electron chi connectivity index (χ3n) is 9.81. The smallest absolute Gasteiger partial charge is 0.249 e. The number of carbonyl (C=O) groups excluding carboxylic acids is 3. The average molecular weight is 593 g/mol. The first-order valence-corrected chi connectivity index (χ1v) is 15.8. The van der Waals surface area contributed by atoms with E-state index >= 15 is 0 Å². The Balaban J connectivity index is 1.33. The number of fused-ring (bicyclic) bond motifs is 2. The first-order chi connectivity index (χ1) is 20.9. The van der Waals surface area contributed by atoms with E-state index in [0.29, 0.717) is 52.2 Å². The first-order valence-electron chi connectivity index (χ1n) is 15.8. The van der Waals surface area contributed by atoms with Crippen LogP contribution in [0.15, 0.2) is 54.6 Å². The van der Waals surface area contributed by atoms with Crippen LogP contribution in [0.3, 0.4) is 0 Å². The van der Waals surface area contributed by atoms with Gasteiger partial charge in [-0.3, -0.25) is 19.3 Å². The molecule has 1 aromatic carbocycles. The maximum atomic E-state index is 14.5. The van der Waals surface area contributed by atoms with Gasteiger partial charge >= 0.3 is 0 Å². The summed E-state index contributed by atoms with van der Waals surface area (Å²) in [7, 11) is 0. The van der Waals surface area contributed by atoms with Crippen LogP contribution in [0.2, 0.25) is 0 Å². The highest BCUT2D eigenvalue weighted by atomic mass is 16.5. The van der Waals surface area contributed by atoms with Gasteiger partial charge in [0.15, 0.2) is 0 Å². The summed E-state index contributed by atoms with van der Waals surface area (Å²) in [5, 5.41) is 9.22. The van der Waals surface area contributed by atoms with Crippen LogP contribution in [-0.2, 0) is 23.9 Å². The predicted molar refractivity (Wildman–Crippen MR) is 161 cm³/mol.